The highest BCUT2D eigenvalue weighted by Crippen LogP contribution is 2.24. The lowest BCUT2D eigenvalue weighted by Crippen LogP contribution is -2.20. The topological polar surface area (TPSA) is 46.2 Å². The average molecular weight is 239 g/mol. The molecule has 16 heavy (non-hydrogen) atoms. The third-order valence-electron chi connectivity index (χ3n) is 2.87. The van der Waals surface area contributed by atoms with Crippen LogP contribution < -0.4 is 5.32 Å². The van der Waals surface area contributed by atoms with E-state index in [1.165, 1.54) is 19.1 Å². The van der Waals surface area contributed by atoms with Crippen molar-refractivity contribution < 1.29 is 8.42 Å². The van der Waals surface area contributed by atoms with E-state index in [-0.39, 0.29) is 0 Å². The maximum absolute atomic E-state index is 11.3. The number of hydrogen-bond donors (Lipinski definition) is 1. The molecule has 1 aromatic carbocycles. The lowest BCUT2D eigenvalue weighted by Gasteiger charge is -2.13. The zero-order valence-electron chi connectivity index (χ0n) is 9.60. The van der Waals surface area contributed by atoms with Gasteiger partial charge in [-0.3, -0.25) is 0 Å². The zero-order valence-corrected chi connectivity index (χ0v) is 10.4. The van der Waals surface area contributed by atoms with Crippen LogP contribution in [-0.2, 0) is 9.84 Å². The number of benzene rings is 1. The van der Waals surface area contributed by atoms with Crippen LogP contribution >= 0.6 is 0 Å². The monoisotopic (exact) mass is 239 g/mol. The molecule has 3 nitrogen and oxygen atoms in total. The van der Waals surface area contributed by atoms with Crippen LogP contribution in [0.4, 0.5) is 0 Å². The first kappa shape index (κ1) is 11.6. The van der Waals surface area contributed by atoms with Crippen molar-refractivity contribution in [3.8, 4) is 0 Å². The van der Waals surface area contributed by atoms with E-state index in [1.807, 2.05) is 12.1 Å². The fraction of sp³-hybridized carbons (Fsp3) is 0.500. The second kappa shape index (κ2) is 4.18. The van der Waals surface area contributed by atoms with E-state index in [0.29, 0.717) is 17.0 Å². The molecule has 0 saturated heterocycles. The van der Waals surface area contributed by atoms with Gasteiger partial charge < -0.3 is 5.32 Å². The molecule has 0 heterocycles. The Balaban J connectivity index is 2.11. The van der Waals surface area contributed by atoms with Crippen molar-refractivity contribution >= 4 is 9.84 Å². The van der Waals surface area contributed by atoms with Gasteiger partial charge in [-0.2, -0.15) is 0 Å². The fourth-order valence-electron chi connectivity index (χ4n) is 1.70. The van der Waals surface area contributed by atoms with Crippen molar-refractivity contribution in [2.75, 3.05) is 6.26 Å². The summed E-state index contributed by atoms with van der Waals surface area (Å²) in [5.41, 5.74) is 1.14. The van der Waals surface area contributed by atoms with Gasteiger partial charge in [0.2, 0.25) is 0 Å². The third kappa shape index (κ3) is 2.83. The van der Waals surface area contributed by atoms with Crippen LogP contribution in [0.2, 0.25) is 0 Å². The van der Waals surface area contributed by atoms with Crippen LogP contribution in [0, 0.1) is 0 Å². The van der Waals surface area contributed by atoms with E-state index < -0.39 is 9.84 Å². The molecule has 1 saturated carbocycles. The molecule has 1 aliphatic rings. The zero-order chi connectivity index (χ0) is 11.8. The SMILES string of the molecule is CC(NC1CC1)c1ccc(S(C)(=O)=O)cc1. The molecule has 4 heteroatoms. The van der Waals surface area contributed by atoms with Crippen LogP contribution in [-0.4, -0.2) is 20.7 Å². The smallest absolute Gasteiger partial charge is 0.175 e. The molecular formula is C12H17NO2S. The summed E-state index contributed by atoms with van der Waals surface area (Å²) in [6.07, 6.45) is 3.74. The Bertz CT molecular complexity index is 460. The highest BCUT2D eigenvalue weighted by molar-refractivity contribution is 7.90. The van der Waals surface area contributed by atoms with E-state index in [2.05, 4.69) is 12.2 Å². The summed E-state index contributed by atoms with van der Waals surface area (Å²) in [6, 6.07) is 8.07. The lowest BCUT2D eigenvalue weighted by atomic mass is 10.1. The van der Waals surface area contributed by atoms with Crippen LogP contribution in [0.1, 0.15) is 31.4 Å². The van der Waals surface area contributed by atoms with Crippen molar-refractivity contribution in [3.05, 3.63) is 29.8 Å². The van der Waals surface area contributed by atoms with E-state index in [9.17, 15) is 8.42 Å². The molecule has 88 valence electrons. The first-order chi connectivity index (χ1) is 7.47. The highest BCUT2D eigenvalue weighted by Gasteiger charge is 2.23. The predicted octanol–water partition coefficient (Wildman–Crippen LogP) is 1.90. The average Bonchev–Trinajstić information content (AvgIpc) is 3.00. The van der Waals surface area contributed by atoms with Gasteiger partial charge >= 0.3 is 0 Å². The summed E-state index contributed by atoms with van der Waals surface area (Å²) < 4.78 is 22.6. The first-order valence-electron chi connectivity index (χ1n) is 5.53. The van der Waals surface area contributed by atoms with Gasteiger partial charge in [0.1, 0.15) is 0 Å². The molecule has 1 fully saturated rings. The quantitative estimate of drug-likeness (QED) is 0.873. The van der Waals surface area contributed by atoms with Gasteiger partial charge in [0.15, 0.2) is 9.84 Å². The van der Waals surface area contributed by atoms with Gasteiger partial charge in [-0.05, 0) is 37.5 Å². The molecule has 1 atom stereocenters. The number of hydrogen-bond acceptors (Lipinski definition) is 3. The molecule has 0 radical (unpaired) electrons. The van der Waals surface area contributed by atoms with Crippen molar-refractivity contribution in [2.24, 2.45) is 0 Å². The molecule has 2 rings (SSSR count). The molecule has 1 aliphatic carbocycles. The Hall–Kier alpha value is -0.870. The molecule has 0 spiro atoms. The Morgan fingerprint density at radius 3 is 2.25 bits per heavy atom. The van der Waals surface area contributed by atoms with Gasteiger partial charge in [0.25, 0.3) is 0 Å². The third-order valence-corrected chi connectivity index (χ3v) is 4.00. The second-order valence-corrected chi connectivity index (χ2v) is 6.52. The molecule has 0 aliphatic heterocycles. The molecule has 0 aromatic heterocycles. The van der Waals surface area contributed by atoms with Crippen LogP contribution in [0.15, 0.2) is 29.2 Å². The lowest BCUT2D eigenvalue weighted by molar-refractivity contribution is 0.570. The molecule has 1 aromatic rings. The minimum absolute atomic E-state index is 0.293. The summed E-state index contributed by atoms with van der Waals surface area (Å²) in [7, 11) is -3.08. The Kier molecular flexibility index (Phi) is 3.04. The van der Waals surface area contributed by atoms with Crippen molar-refractivity contribution in [3.63, 3.8) is 0 Å². The number of sulfone groups is 1. The summed E-state index contributed by atoms with van der Waals surface area (Å²) in [5.74, 6) is 0. The number of rotatable bonds is 4. The first-order valence-corrected chi connectivity index (χ1v) is 7.42. The van der Waals surface area contributed by atoms with E-state index in [0.717, 1.165) is 5.56 Å². The van der Waals surface area contributed by atoms with Crippen LogP contribution in [0.25, 0.3) is 0 Å². The van der Waals surface area contributed by atoms with Gasteiger partial charge in [-0.1, -0.05) is 12.1 Å². The van der Waals surface area contributed by atoms with Crippen molar-refractivity contribution in [1.29, 1.82) is 0 Å². The van der Waals surface area contributed by atoms with Crippen molar-refractivity contribution in [2.45, 2.75) is 36.7 Å². The summed E-state index contributed by atoms with van der Waals surface area (Å²) >= 11 is 0. The fourth-order valence-corrected chi connectivity index (χ4v) is 2.33. The van der Waals surface area contributed by atoms with Gasteiger partial charge in [-0.25, -0.2) is 8.42 Å². The summed E-state index contributed by atoms with van der Waals surface area (Å²) in [6.45, 7) is 2.10. The Morgan fingerprint density at radius 2 is 1.81 bits per heavy atom. The number of nitrogens with one attached hydrogen (secondary N) is 1. The van der Waals surface area contributed by atoms with Gasteiger partial charge in [-0.15, -0.1) is 0 Å². The minimum atomic E-state index is -3.08. The van der Waals surface area contributed by atoms with Crippen LogP contribution in [0.5, 0.6) is 0 Å². The van der Waals surface area contributed by atoms with Crippen LogP contribution in [0.3, 0.4) is 0 Å². The Morgan fingerprint density at radius 1 is 1.25 bits per heavy atom. The maximum Gasteiger partial charge on any atom is 0.175 e. The molecule has 0 amide bonds. The van der Waals surface area contributed by atoms with Gasteiger partial charge in [0.05, 0.1) is 4.90 Å². The normalized spacial score (nSPS) is 18.4. The maximum atomic E-state index is 11.3. The largest absolute Gasteiger partial charge is 0.307 e. The molecule has 1 N–H and O–H groups in total. The summed E-state index contributed by atoms with van der Waals surface area (Å²) in [5, 5.41) is 3.48. The summed E-state index contributed by atoms with van der Waals surface area (Å²) in [4.78, 5) is 0.384. The Labute approximate surface area is 96.8 Å². The van der Waals surface area contributed by atoms with Crippen molar-refractivity contribution in [1.82, 2.24) is 5.32 Å². The second-order valence-electron chi connectivity index (χ2n) is 4.50. The molecule has 1 unspecified atom stereocenters. The van der Waals surface area contributed by atoms with E-state index >= 15 is 0 Å². The standard InChI is InChI=1S/C12H17NO2S/c1-9(13-11-5-6-11)10-3-7-12(8-4-10)16(2,14)15/h3-4,7-9,11,13H,5-6H2,1-2H3. The van der Waals surface area contributed by atoms with E-state index in [1.54, 1.807) is 12.1 Å². The predicted molar refractivity (Wildman–Crippen MR) is 64.1 cm³/mol. The highest BCUT2D eigenvalue weighted by atomic mass is 32.2. The molecule has 0 bridgehead atoms. The minimum Gasteiger partial charge on any atom is -0.307 e. The van der Waals surface area contributed by atoms with Gasteiger partial charge in [0, 0.05) is 18.3 Å². The molecular weight excluding hydrogens is 222 g/mol. The van der Waals surface area contributed by atoms with E-state index in [4.69, 9.17) is 0 Å².